The molecule has 1 aliphatic heterocycles. The quantitative estimate of drug-likeness (QED) is 0.602. The molecule has 102 valence electrons. The molecule has 0 bridgehead atoms. The zero-order chi connectivity index (χ0) is 13.4. The largest absolute Gasteiger partial charge is 0.444 e. The number of hydrogen-bond donors (Lipinski definition) is 2. The minimum atomic E-state index is -0.435. The van der Waals surface area contributed by atoms with Crippen LogP contribution >= 0.6 is 21.6 Å². The van der Waals surface area contributed by atoms with E-state index in [4.69, 9.17) is 4.74 Å². The Kier molecular flexibility index (Phi) is 6.49. The maximum Gasteiger partial charge on any atom is 0.407 e. The highest BCUT2D eigenvalue weighted by Gasteiger charge is 2.15. The van der Waals surface area contributed by atoms with Gasteiger partial charge in [0.25, 0.3) is 0 Å². The van der Waals surface area contributed by atoms with Crippen molar-refractivity contribution in [1.82, 2.24) is 10.6 Å². The van der Waals surface area contributed by atoms with Crippen LogP contribution in [0.25, 0.3) is 0 Å². The van der Waals surface area contributed by atoms with Gasteiger partial charge in [-0.3, -0.25) is 0 Å². The Morgan fingerprint density at radius 2 is 2.22 bits per heavy atom. The average Bonchev–Trinajstić information content (AvgIpc) is 2.27. The van der Waals surface area contributed by atoms with Gasteiger partial charge in [0, 0.05) is 12.3 Å². The van der Waals surface area contributed by atoms with Crippen LogP contribution in [0.3, 0.4) is 0 Å². The molecule has 18 heavy (non-hydrogen) atoms. The fourth-order valence-electron chi connectivity index (χ4n) is 1.12. The van der Waals surface area contributed by atoms with Crippen LogP contribution in [0.2, 0.25) is 0 Å². The Morgan fingerprint density at radius 3 is 2.83 bits per heavy atom. The van der Waals surface area contributed by atoms with Gasteiger partial charge in [0.15, 0.2) is 0 Å². The number of dihydropyridines is 1. The summed E-state index contributed by atoms with van der Waals surface area (Å²) in [5.41, 5.74) is -0.435. The lowest BCUT2D eigenvalue weighted by molar-refractivity contribution is 0.0531. The molecule has 1 aliphatic rings. The van der Waals surface area contributed by atoms with E-state index in [1.807, 2.05) is 39.1 Å². The highest BCUT2D eigenvalue weighted by Crippen LogP contribution is 2.26. The highest BCUT2D eigenvalue weighted by molar-refractivity contribution is 8.77. The first-order chi connectivity index (χ1) is 8.47. The standard InChI is InChI=1S/C12H20N2O2S2/c1-12(2,3)16-11(15)14-8-9-17-18-10-6-4-5-7-13-10/h4-7,10,13H,8-9H2,1-3H3,(H,14,15). The molecule has 0 aliphatic carbocycles. The summed E-state index contributed by atoms with van der Waals surface area (Å²) in [6, 6.07) is 0. The summed E-state index contributed by atoms with van der Waals surface area (Å²) in [4.78, 5) is 11.3. The molecule has 0 aromatic rings. The molecule has 0 aromatic heterocycles. The van der Waals surface area contributed by atoms with Gasteiger partial charge in [-0.05, 0) is 33.0 Å². The minimum absolute atomic E-state index is 0.307. The van der Waals surface area contributed by atoms with E-state index in [-0.39, 0.29) is 6.09 Å². The molecular formula is C12H20N2O2S2. The molecule has 2 N–H and O–H groups in total. The summed E-state index contributed by atoms with van der Waals surface area (Å²) in [6.07, 6.45) is 7.65. The fraction of sp³-hybridized carbons (Fsp3) is 0.583. The smallest absolute Gasteiger partial charge is 0.407 e. The number of rotatable bonds is 5. The number of alkyl carbamates (subject to hydrolysis) is 1. The van der Waals surface area contributed by atoms with Crippen molar-refractivity contribution < 1.29 is 9.53 Å². The number of hydrogen-bond acceptors (Lipinski definition) is 5. The van der Waals surface area contributed by atoms with Gasteiger partial charge in [-0.2, -0.15) is 0 Å². The number of amides is 1. The van der Waals surface area contributed by atoms with Crippen LogP contribution in [0.5, 0.6) is 0 Å². The van der Waals surface area contributed by atoms with Gasteiger partial charge in [0.05, 0.1) is 0 Å². The van der Waals surface area contributed by atoms with Crippen LogP contribution < -0.4 is 10.6 Å². The van der Waals surface area contributed by atoms with E-state index in [0.717, 1.165) is 5.75 Å². The number of nitrogens with one attached hydrogen (secondary N) is 2. The molecule has 1 unspecified atom stereocenters. The van der Waals surface area contributed by atoms with Gasteiger partial charge in [-0.15, -0.1) is 0 Å². The Labute approximate surface area is 116 Å². The van der Waals surface area contributed by atoms with Crippen molar-refractivity contribution in [3.05, 3.63) is 24.4 Å². The lowest BCUT2D eigenvalue weighted by Gasteiger charge is -2.19. The summed E-state index contributed by atoms with van der Waals surface area (Å²) >= 11 is 0. The normalized spacial score (nSPS) is 18.3. The molecule has 1 atom stereocenters. The van der Waals surface area contributed by atoms with E-state index >= 15 is 0 Å². The molecule has 0 saturated heterocycles. The molecule has 0 spiro atoms. The number of carbonyl (C=O) groups is 1. The third-order valence-electron chi connectivity index (χ3n) is 1.78. The zero-order valence-corrected chi connectivity index (χ0v) is 12.6. The minimum Gasteiger partial charge on any atom is -0.444 e. The predicted molar refractivity (Wildman–Crippen MR) is 79.5 cm³/mol. The molecule has 1 heterocycles. The molecule has 0 aromatic carbocycles. The zero-order valence-electron chi connectivity index (χ0n) is 10.9. The highest BCUT2D eigenvalue weighted by atomic mass is 33.1. The van der Waals surface area contributed by atoms with Crippen LogP contribution in [0.4, 0.5) is 4.79 Å². The number of ether oxygens (including phenoxy) is 1. The predicted octanol–water partition coefficient (Wildman–Crippen LogP) is 2.89. The van der Waals surface area contributed by atoms with Gasteiger partial charge in [0.2, 0.25) is 0 Å². The molecule has 1 amide bonds. The Morgan fingerprint density at radius 1 is 1.44 bits per heavy atom. The van der Waals surface area contributed by atoms with Crippen LogP contribution in [-0.2, 0) is 4.74 Å². The monoisotopic (exact) mass is 288 g/mol. The first kappa shape index (κ1) is 15.3. The summed E-state index contributed by atoms with van der Waals surface area (Å²) in [6.45, 7) is 6.17. The SMILES string of the molecule is CC(C)(C)OC(=O)NCCSSC1C=CC=CN1. The van der Waals surface area contributed by atoms with E-state index in [2.05, 4.69) is 16.7 Å². The topological polar surface area (TPSA) is 50.4 Å². The molecular weight excluding hydrogens is 268 g/mol. The van der Waals surface area contributed by atoms with E-state index in [1.165, 1.54) is 0 Å². The van der Waals surface area contributed by atoms with Crippen molar-refractivity contribution in [2.24, 2.45) is 0 Å². The summed E-state index contributed by atoms with van der Waals surface area (Å²) < 4.78 is 5.14. The van der Waals surface area contributed by atoms with Crippen molar-refractivity contribution in [3.63, 3.8) is 0 Å². The lowest BCUT2D eigenvalue weighted by atomic mass is 10.2. The van der Waals surface area contributed by atoms with Gasteiger partial charge in [0.1, 0.15) is 11.0 Å². The first-order valence-corrected chi connectivity index (χ1v) is 8.20. The molecule has 1 rings (SSSR count). The van der Waals surface area contributed by atoms with E-state index in [0.29, 0.717) is 11.9 Å². The molecule has 6 heteroatoms. The van der Waals surface area contributed by atoms with Crippen molar-refractivity contribution in [1.29, 1.82) is 0 Å². The second-order valence-corrected chi connectivity index (χ2v) is 7.31. The molecule has 0 saturated carbocycles. The number of carbonyl (C=O) groups excluding carboxylic acids is 1. The van der Waals surface area contributed by atoms with E-state index in [9.17, 15) is 4.79 Å². The summed E-state index contributed by atoms with van der Waals surface area (Å²) in [7, 11) is 3.46. The number of allylic oxidation sites excluding steroid dienone is 2. The Bertz CT molecular complexity index is 325. The van der Waals surface area contributed by atoms with Crippen molar-refractivity contribution in [3.8, 4) is 0 Å². The van der Waals surface area contributed by atoms with Gasteiger partial charge in [-0.25, -0.2) is 4.79 Å². The van der Waals surface area contributed by atoms with Gasteiger partial charge in [-0.1, -0.05) is 33.7 Å². The average molecular weight is 288 g/mol. The second kappa shape index (κ2) is 7.63. The Balaban J connectivity index is 2.00. The third-order valence-corrected chi connectivity index (χ3v) is 4.32. The third kappa shape index (κ3) is 7.55. The van der Waals surface area contributed by atoms with Gasteiger partial charge >= 0.3 is 6.09 Å². The maximum atomic E-state index is 11.3. The van der Waals surface area contributed by atoms with E-state index < -0.39 is 5.60 Å². The fourth-order valence-corrected chi connectivity index (χ4v) is 3.17. The molecule has 4 nitrogen and oxygen atoms in total. The van der Waals surface area contributed by atoms with Crippen LogP contribution in [0, 0.1) is 0 Å². The van der Waals surface area contributed by atoms with Crippen LogP contribution in [-0.4, -0.2) is 29.4 Å². The first-order valence-electron chi connectivity index (χ1n) is 5.82. The lowest BCUT2D eigenvalue weighted by Crippen LogP contribution is -2.33. The maximum absolute atomic E-state index is 11.3. The van der Waals surface area contributed by atoms with Crippen molar-refractivity contribution in [2.45, 2.75) is 31.7 Å². The van der Waals surface area contributed by atoms with E-state index in [1.54, 1.807) is 21.6 Å². The van der Waals surface area contributed by atoms with Crippen LogP contribution in [0.1, 0.15) is 20.8 Å². The van der Waals surface area contributed by atoms with Crippen molar-refractivity contribution in [2.75, 3.05) is 12.3 Å². The molecule has 0 fully saturated rings. The second-order valence-electron chi connectivity index (χ2n) is 4.68. The Hall–Kier alpha value is -0.750. The molecule has 0 radical (unpaired) electrons. The van der Waals surface area contributed by atoms with Gasteiger partial charge < -0.3 is 15.4 Å². The van der Waals surface area contributed by atoms with Crippen LogP contribution in [0.15, 0.2) is 24.4 Å². The summed E-state index contributed by atoms with van der Waals surface area (Å²) in [5, 5.41) is 6.25. The van der Waals surface area contributed by atoms with Crippen molar-refractivity contribution >= 4 is 27.7 Å². The summed E-state index contributed by atoms with van der Waals surface area (Å²) in [5.74, 6) is 0.847.